The van der Waals surface area contributed by atoms with Gasteiger partial charge in [0.05, 0.1) is 11.8 Å². The Kier molecular flexibility index (Phi) is 6.07. The van der Waals surface area contributed by atoms with Crippen LogP contribution in [0, 0.1) is 5.82 Å². The van der Waals surface area contributed by atoms with Gasteiger partial charge < -0.3 is 10.4 Å². The molecule has 0 spiro atoms. The maximum atomic E-state index is 13.0. The van der Waals surface area contributed by atoms with Gasteiger partial charge in [-0.2, -0.15) is 0 Å². The van der Waals surface area contributed by atoms with E-state index in [0.29, 0.717) is 17.5 Å². The number of hydrogen-bond donors (Lipinski definition) is 2. The molecule has 24 heavy (non-hydrogen) atoms. The van der Waals surface area contributed by atoms with Crippen LogP contribution in [0.15, 0.2) is 54.6 Å². The fraction of sp³-hybridized carbons (Fsp3) is 0.263. The fourth-order valence-electron chi connectivity index (χ4n) is 2.63. The Morgan fingerprint density at radius 1 is 1.00 bits per heavy atom. The smallest absolute Gasteiger partial charge is 0.312 e. The molecule has 0 radical (unpaired) electrons. The maximum Gasteiger partial charge on any atom is 0.312 e. The van der Waals surface area contributed by atoms with E-state index in [0.717, 1.165) is 0 Å². The first-order chi connectivity index (χ1) is 11.5. The third kappa shape index (κ3) is 4.41. The molecule has 0 saturated carbocycles. The van der Waals surface area contributed by atoms with Crippen molar-refractivity contribution in [1.82, 2.24) is 5.32 Å². The van der Waals surface area contributed by atoms with Crippen molar-refractivity contribution in [2.75, 3.05) is 6.54 Å². The van der Waals surface area contributed by atoms with E-state index in [9.17, 15) is 19.1 Å². The topological polar surface area (TPSA) is 66.4 Å². The lowest BCUT2D eigenvalue weighted by molar-refractivity contribution is -0.138. The van der Waals surface area contributed by atoms with Crippen molar-refractivity contribution >= 4 is 11.9 Å². The molecule has 2 aromatic rings. The predicted octanol–water partition coefficient (Wildman–Crippen LogP) is 3.30. The van der Waals surface area contributed by atoms with Crippen molar-refractivity contribution in [3.63, 3.8) is 0 Å². The standard InChI is InChI=1S/C19H20FNO3/c1-2-16(14-8-10-15(20)11-9-14)18(22)21-12-17(19(23)24)13-6-4-3-5-7-13/h3-11,16-17H,2,12H2,1H3,(H,21,22)(H,23,24). The van der Waals surface area contributed by atoms with E-state index < -0.39 is 17.8 Å². The van der Waals surface area contributed by atoms with Gasteiger partial charge in [-0.1, -0.05) is 49.4 Å². The van der Waals surface area contributed by atoms with Crippen LogP contribution in [0.4, 0.5) is 4.39 Å². The van der Waals surface area contributed by atoms with E-state index in [1.807, 2.05) is 13.0 Å². The number of halogens is 1. The zero-order valence-electron chi connectivity index (χ0n) is 13.4. The van der Waals surface area contributed by atoms with E-state index in [1.165, 1.54) is 12.1 Å². The van der Waals surface area contributed by atoms with Gasteiger partial charge in [0.25, 0.3) is 0 Å². The monoisotopic (exact) mass is 329 g/mol. The Morgan fingerprint density at radius 3 is 2.12 bits per heavy atom. The average molecular weight is 329 g/mol. The quantitative estimate of drug-likeness (QED) is 0.819. The SMILES string of the molecule is CCC(C(=O)NCC(C(=O)O)c1ccccc1)c1ccc(F)cc1. The number of carboxylic acid groups (broad SMARTS) is 1. The van der Waals surface area contributed by atoms with Gasteiger partial charge in [-0.25, -0.2) is 4.39 Å². The number of rotatable bonds is 7. The fourth-order valence-corrected chi connectivity index (χ4v) is 2.63. The molecule has 0 fully saturated rings. The maximum absolute atomic E-state index is 13.0. The van der Waals surface area contributed by atoms with Crippen LogP contribution < -0.4 is 5.32 Å². The van der Waals surface area contributed by atoms with Crippen molar-refractivity contribution in [2.45, 2.75) is 25.2 Å². The first-order valence-corrected chi connectivity index (χ1v) is 7.83. The summed E-state index contributed by atoms with van der Waals surface area (Å²) in [7, 11) is 0. The van der Waals surface area contributed by atoms with Gasteiger partial charge in [-0.15, -0.1) is 0 Å². The minimum atomic E-state index is -0.990. The number of carbonyl (C=O) groups is 2. The highest BCUT2D eigenvalue weighted by Crippen LogP contribution is 2.21. The molecule has 1 amide bonds. The average Bonchev–Trinajstić information content (AvgIpc) is 2.58. The third-order valence-electron chi connectivity index (χ3n) is 3.98. The van der Waals surface area contributed by atoms with E-state index in [-0.39, 0.29) is 18.3 Å². The summed E-state index contributed by atoms with van der Waals surface area (Å²) >= 11 is 0. The molecule has 2 aromatic carbocycles. The molecule has 2 atom stereocenters. The molecule has 0 aliphatic rings. The van der Waals surface area contributed by atoms with Crippen molar-refractivity contribution < 1.29 is 19.1 Å². The van der Waals surface area contributed by atoms with Gasteiger partial charge in [-0.05, 0) is 29.7 Å². The molecule has 2 unspecified atom stereocenters. The molecular weight excluding hydrogens is 309 g/mol. The largest absolute Gasteiger partial charge is 0.481 e. The van der Waals surface area contributed by atoms with Gasteiger partial charge in [0.15, 0.2) is 0 Å². The molecule has 5 heteroatoms. The summed E-state index contributed by atoms with van der Waals surface area (Å²) in [5.74, 6) is -2.84. The summed E-state index contributed by atoms with van der Waals surface area (Å²) in [4.78, 5) is 23.9. The Bertz CT molecular complexity index is 686. The van der Waals surface area contributed by atoms with Crippen LogP contribution >= 0.6 is 0 Å². The van der Waals surface area contributed by atoms with Gasteiger partial charge >= 0.3 is 5.97 Å². The van der Waals surface area contributed by atoms with Crippen LogP contribution in [0.2, 0.25) is 0 Å². The predicted molar refractivity (Wildman–Crippen MR) is 89.3 cm³/mol. The molecule has 0 saturated heterocycles. The molecule has 0 aliphatic heterocycles. The normalized spacial score (nSPS) is 13.1. The third-order valence-corrected chi connectivity index (χ3v) is 3.98. The molecule has 0 aliphatic carbocycles. The molecule has 0 heterocycles. The zero-order valence-corrected chi connectivity index (χ0v) is 13.4. The van der Waals surface area contributed by atoms with Crippen LogP contribution in [0.5, 0.6) is 0 Å². The van der Waals surface area contributed by atoms with Crippen LogP contribution in [0.1, 0.15) is 36.3 Å². The lowest BCUT2D eigenvalue weighted by Gasteiger charge is -2.18. The van der Waals surface area contributed by atoms with E-state index in [2.05, 4.69) is 5.32 Å². The number of hydrogen-bond acceptors (Lipinski definition) is 2. The summed E-state index contributed by atoms with van der Waals surface area (Å²) in [5.41, 5.74) is 1.35. The second-order valence-electron chi connectivity index (χ2n) is 5.56. The minimum Gasteiger partial charge on any atom is -0.481 e. The Morgan fingerprint density at radius 2 is 1.58 bits per heavy atom. The molecule has 2 N–H and O–H groups in total. The molecule has 0 aromatic heterocycles. The Hall–Kier alpha value is -2.69. The van der Waals surface area contributed by atoms with Gasteiger partial charge in [0, 0.05) is 6.54 Å². The second kappa shape index (κ2) is 8.24. The highest BCUT2D eigenvalue weighted by atomic mass is 19.1. The van der Waals surface area contributed by atoms with Crippen LogP contribution in [0.3, 0.4) is 0 Å². The number of amides is 1. The van der Waals surface area contributed by atoms with E-state index in [1.54, 1.807) is 36.4 Å². The number of aliphatic carboxylic acids is 1. The highest BCUT2D eigenvalue weighted by molar-refractivity contribution is 5.84. The van der Waals surface area contributed by atoms with Crippen LogP contribution in [-0.2, 0) is 9.59 Å². The number of carbonyl (C=O) groups excluding carboxylic acids is 1. The summed E-state index contributed by atoms with van der Waals surface area (Å²) in [6.07, 6.45) is 0.542. The number of carboxylic acids is 1. The molecule has 4 nitrogen and oxygen atoms in total. The lowest BCUT2D eigenvalue weighted by Crippen LogP contribution is -2.35. The molecule has 0 bridgehead atoms. The molecular formula is C19H20FNO3. The minimum absolute atomic E-state index is 0.00980. The van der Waals surface area contributed by atoms with E-state index in [4.69, 9.17) is 0 Å². The first kappa shape index (κ1) is 17.7. The summed E-state index contributed by atoms with van der Waals surface area (Å²) in [5, 5.41) is 12.1. The summed E-state index contributed by atoms with van der Waals surface area (Å²) < 4.78 is 13.0. The first-order valence-electron chi connectivity index (χ1n) is 7.83. The highest BCUT2D eigenvalue weighted by Gasteiger charge is 2.23. The zero-order chi connectivity index (χ0) is 17.5. The van der Waals surface area contributed by atoms with Crippen LogP contribution in [-0.4, -0.2) is 23.5 Å². The van der Waals surface area contributed by atoms with Crippen molar-refractivity contribution in [3.05, 3.63) is 71.5 Å². The van der Waals surface area contributed by atoms with Crippen molar-refractivity contribution in [2.24, 2.45) is 0 Å². The lowest BCUT2D eigenvalue weighted by atomic mass is 9.94. The van der Waals surface area contributed by atoms with Crippen LogP contribution in [0.25, 0.3) is 0 Å². The molecule has 126 valence electrons. The Balaban J connectivity index is 2.06. The Labute approximate surface area is 140 Å². The summed E-state index contributed by atoms with van der Waals surface area (Å²) in [6, 6.07) is 14.6. The van der Waals surface area contributed by atoms with Gasteiger partial charge in [0.1, 0.15) is 5.82 Å². The van der Waals surface area contributed by atoms with Crippen molar-refractivity contribution in [3.8, 4) is 0 Å². The molecule has 2 rings (SSSR count). The van der Waals surface area contributed by atoms with Gasteiger partial charge in [0.2, 0.25) is 5.91 Å². The summed E-state index contributed by atoms with van der Waals surface area (Å²) in [6.45, 7) is 1.87. The number of benzene rings is 2. The number of nitrogens with one attached hydrogen (secondary N) is 1. The second-order valence-corrected chi connectivity index (χ2v) is 5.56. The van der Waals surface area contributed by atoms with E-state index >= 15 is 0 Å². The van der Waals surface area contributed by atoms with Crippen molar-refractivity contribution in [1.29, 1.82) is 0 Å². The van der Waals surface area contributed by atoms with Gasteiger partial charge in [-0.3, -0.25) is 9.59 Å².